The summed E-state index contributed by atoms with van der Waals surface area (Å²) in [6.45, 7) is 2.13. The highest BCUT2D eigenvalue weighted by atomic mass is 15.0. The minimum absolute atomic E-state index is 1.07. The van der Waals surface area contributed by atoms with E-state index in [-0.39, 0.29) is 0 Å². The Kier molecular flexibility index (Phi) is 7.21. The van der Waals surface area contributed by atoms with Crippen LogP contribution < -0.4 is 26.4 Å². The van der Waals surface area contributed by atoms with Gasteiger partial charge in [-0.25, -0.2) is 9.55 Å². The van der Waals surface area contributed by atoms with Gasteiger partial charge in [-0.3, -0.25) is 0 Å². The van der Waals surface area contributed by atoms with E-state index < -0.39 is 6.15 Å². The van der Waals surface area contributed by atoms with Gasteiger partial charge in [0.05, 0.1) is 7.05 Å². The first kappa shape index (κ1) is 22.4. The highest BCUT2D eigenvalue weighted by molar-refractivity contribution is 7.19. The smallest absolute Gasteiger partial charge is 0.248 e. The van der Waals surface area contributed by atoms with Crippen molar-refractivity contribution in [1.82, 2.24) is 4.98 Å². The lowest BCUT2D eigenvalue weighted by atomic mass is 9.13. The van der Waals surface area contributed by atoms with Gasteiger partial charge >= 0.3 is 0 Å². The number of hydrogen-bond acceptors (Lipinski definition) is 0. The normalized spacial score (nSPS) is 10.8. The number of aryl methyl sites for hydroxylation is 2. The van der Waals surface area contributed by atoms with Crippen molar-refractivity contribution in [1.29, 1.82) is 0 Å². The molecule has 0 bridgehead atoms. The lowest BCUT2D eigenvalue weighted by Crippen LogP contribution is -2.74. The maximum absolute atomic E-state index is 3.12. The van der Waals surface area contributed by atoms with Crippen molar-refractivity contribution in [3.8, 4) is 0 Å². The molecule has 33 heavy (non-hydrogen) atoms. The molecule has 0 saturated carbocycles. The van der Waals surface area contributed by atoms with Crippen molar-refractivity contribution in [2.75, 3.05) is 0 Å². The molecule has 2 nitrogen and oxygen atoms in total. The maximum Gasteiger partial charge on any atom is 0.253 e. The zero-order valence-electron chi connectivity index (χ0n) is 19.4. The summed E-state index contributed by atoms with van der Waals surface area (Å²) in [6.07, 6.45) is 3.81. The average molecular weight is 430 g/mol. The Balaban J connectivity index is 0.000000275. The number of imidazole rings is 1. The quantitative estimate of drug-likeness (QED) is 0.326. The zero-order valence-corrected chi connectivity index (χ0v) is 19.4. The van der Waals surface area contributed by atoms with Crippen LogP contribution in [-0.2, 0) is 13.5 Å². The largest absolute Gasteiger partial charge is 0.253 e. The Hall–Kier alpha value is -3.85. The predicted octanol–water partition coefficient (Wildman–Crippen LogP) is 3.47. The molecular formula is C30H31BN2. The van der Waals surface area contributed by atoms with Crippen molar-refractivity contribution in [3.05, 3.63) is 140 Å². The molecule has 1 aromatic heterocycles. The number of benzene rings is 4. The summed E-state index contributed by atoms with van der Waals surface area (Å²) in [7, 11) is 2.04. The molecule has 5 aromatic rings. The fourth-order valence-electron chi connectivity index (χ4n) is 4.91. The van der Waals surface area contributed by atoms with Gasteiger partial charge in [0, 0.05) is 6.42 Å². The van der Waals surface area contributed by atoms with Crippen LogP contribution in [0.2, 0.25) is 0 Å². The Bertz CT molecular complexity index is 1070. The molecule has 3 heteroatoms. The Morgan fingerprint density at radius 1 is 0.576 bits per heavy atom. The van der Waals surface area contributed by atoms with Crippen LogP contribution in [0.25, 0.3) is 0 Å². The monoisotopic (exact) mass is 430 g/mol. The van der Waals surface area contributed by atoms with Crippen LogP contribution in [-0.4, -0.2) is 11.1 Å². The maximum atomic E-state index is 3.12. The highest BCUT2D eigenvalue weighted by Gasteiger charge is 2.30. The van der Waals surface area contributed by atoms with E-state index in [1.54, 1.807) is 0 Å². The first-order chi connectivity index (χ1) is 16.3. The SMILES string of the molecule is CCc1[nH]cc[n+]1C.c1ccc([B-](c2ccccc2)(c2ccccc2)c2ccccc2)cc1. The second-order valence-electron chi connectivity index (χ2n) is 8.38. The lowest BCUT2D eigenvalue weighted by molar-refractivity contribution is -0.677. The van der Waals surface area contributed by atoms with Gasteiger partial charge in [-0.2, -0.15) is 21.9 Å². The summed E-state index contributed by atoms with van der Waals surface area (Å²) >= 11 is 0. The van der Waals surface area contributed by atoms with E-state index in [1.165, 1.54) is 27.7 Å². The molecule has 0 atom stereocenters. The zero-order chi connectivity index (χ0) is 22.9. The van der Waals surface area contributed by atoms with Gasteiger partial charge in [0.1, 0.15) is 18.5 Å². The molecular weight excluding hydrogens is 399 g/mol. The third-order valence-electron chi connectivity index (χ3n) is 6.51. The van der Waals surface area contributed by atoms with E-state index in [4.69, 9.17) is 0 Å². The van der Waals surface area contributed by atoms with Crippen LogP contribution in [0.1, 0.15) is 12.7 Å². The molecule has 4 aromatic carbocycles. The second-order valence-corrected chi connectivity index (χ2v) is 8.38. The molecule has 0 radical (unpaired) electrons. The van der Waals surface area contributed by atoms with Gasteiger partial charge < -0.3 is 0 Å². The molecule has 5 rings (SSSR count). The van der Waals surface area contributed by atoms with Crippen molar-refractivity contribution < 1.29 is 4.57 Å². The third-order valence-corrected chi connectivity index (χ3v) is 6.51. The van der Waals surface area contributed by atoms with Crippen LogP contribution in [0, 0.1) is 0 Å². The van der Waals surface area contributed by atoms with E-state index in [0.717, 1.165) is 6.42 Å². The van der Waals surface area contributed by atoms with E-state index in [1.807, 2.05) is 19.4 Å². The van der Waals surface area contributed by atoms with Crippen LogP contribution in [0.3, 0.4) is 0 Å². The fraction of sp³-hybridized carbons (Fsp3) is 0.100. The first-order valence-corrected chi connectivity index (χ1v) is 11.7. The second kappa shape index (κ2) is 10.6. The van der Waals surface area contributed by atoms with Gasteiger partial charge in [-0.05, 0) is 0 Å². The summed E-state index contributed by atoms with van der Waals surface area (Å²) < 4.78 is 2.08. The lowest BCUT2D eigenvalue weighted by Gasteiger charge is -2.44. The number of nitrogens with one attached hydrogen (secondary N) is 1. The van der Waals surface area contributed by atoms with Crippen LogP contribution in [0.15, 0.2) is 134 Å². The molecule has 1 N–H and O–H groups in total. The molecule has 0 spiro atoms. The van der Waals surface area contributed by atoms with Crippen LogP contribution >= 0.6 is 0 Å². The summed E-state index contributed by atoms with van der Waals surface area (Å²) in [4.78, 5) is 3.12. The van der Waals surface area contributed by atoms with Crippen molar-refractivity contribution in [3.63, 3.8) is 0 Å². The van der Waals surface area contributed by atoms with Gasteiger partial charge in [0.2, 0.25) is 0 Å². The molecule has 0 unspecified atom stereocenters. The Morgan fingerprint density at radius 2 is 0.909 bits per heavy atom. The summed E-state index contributed by atoms with van der Waals surface area (Å²) in [6, 6.07) is 43.5. The minimum atomic E-state index is -1.22. The van der Waals surface area contributed by atoms with Gasteiger partial charge in [-0.1, -0.05) is 128 Å². The number of rotatable bonds is 5. The molecule has 0 saturated heterocycles. The number of H-pyrrole nitrogens is 1. The topological polar surface area (TPSA) is 19.7 Å². The molecule has 1 heterocycles. The van der Waals surface area contributed by atoms with E-state index >= 15 is 0 Å². The van der Waals surface area contributed by atoms with Crippen molar-refractivity contribution in [2.45, 2.75) is 13.3 Å². The molecule has 0 aliphatic carbocycles. The number of aromatic amines is 1. The number of aromatic nitrogens is 2. The summed E-state index contributed by atoms with van der Waals surface area (Å²) in [5.74, 6) is 1.27. The van der Waals surface area contributed by atoms with Gasteiger partial charge in [-0.15, -0.1) is 0 Å². The van der Waals surface area contributed by atoms with E-state index in [9.17, 15) is 0 Å². The summed E-state index contributed by atoms with van der Waals surface area (Å²) in [5.41, 5.74) is 5.36. The van der Waals surface area contributed by atoms with Crippen LogP contribution in [0.5, 0.6) is 0 Å². The fourth-order valence-corrected chi connectivity index (χ4v) is 4.91. The average Bonchev–Trinajstić information content (AvgIpc) is 3.32. The Labute approximate surface area is 197 Å². The minimum Gasteiger partial charge on any atom is -0.248 e. The molecule has 0 aliphatic rings. The van der Waals surface area contributed by atoms with Crippen LogP contribution in [0.4, 0.5) is 0 Å². The van der Waals surface area contributed by atoms with Crippen molar-refractivity contribution in [2.24, 2.45) is 7.05 Å². The number of hydrogen-bond donors (Lipinski definition) is 1. The van der Waals surface area contributed by atoms with Crippen molar-refractivity contribution >= 4 is 28.0 Å². The van der Waals surface area contributed by atoms with Gasteiger partial charge in [0.25, 0.3) is 5.82 Å². The van der Waals surface area contributed by atoms with E-state index in [2.05, 4.69) is 138 Å². The predicted molar refractivity (Wildman–Crippen MR) is 141 cm³/mol. The summed E-state index contributed by atoms with van der Waals surface area (Å²) in [5, 5.41) is 0. The van der Waals surface area contributed by atoms with E-state index in [0.29, 0.717) is 0 Å². The molecule has 0 fully saturated rings. The third kappa shape index (κ3) is 4.68. The first-order valence-electron chi connectivity index (χ1n) is 11.7. The van der Waals surface area contributed by atoms with Gasteiger partial charge in [0.15, 0.2) is 0 Å². The Morgan fingerprint density at radius 3 is 1.12 bits per heavy atom. The highest BCUT2D eigenvalue weighted by Crippen LogP contribution is 2.09. The standard InChI is InChI=1S/C24H20B.C6H10N2/c1-5-13-21(14-6-1)25(22-15-7-2-8-16-22,23-17-9-3-10-18-23)24-19-11-4-12-20-24;1-3-6-7-4-5-8(6)2/h1-20H;4-5H,3H2,1-2H3/q-1;/p+1. The molecule has 0 amide bonds. The molecule has 0 aliphatic heterocycles. The number of nitrogens with zero attached hydrogens (tertiary/aromatic N) is 1. The molecule has 164 valence electrons.